The SMILES string of the molecule is CCCN[C@H]1CCc2c(cccc2OC)C1.COc1ccc2cc([C@@H](C)C(=O)O)ccc2c1. The molecular formula is C28H35NO4. The number of hydrogen-bond donors (Lipinski definition) is 2. The third-order valence-electron chi connectivity index (χ3n) is 6.28. The van der Waals surface area contributed by atoms with Gasteiger partial charge >= 0.3 is 5.97 Å². The van der Waals surface area contributed by atoms with Crippen molar-refractivity contribution >= 4 is 16.7 Å². The first-order valence-corrected chi connectivity index (χ1v) is 11.7. The van der Waals surface area contributed by atoms with Gasteiger partial charge in [-0.25, -0.2) is 0 Å². The standard InChI is InChI=1S/C14H21NO.C14H14O3/c1-3-9-15-12-7-8-13-11(10-12)5-4-6-14(13)16-2;1-9(14(15)16)10-3-4-12-8-13(17-2)6-5-11(12)7-10/h4-6,12,15H,3,7-10H2,1-2H3;3-9H,1-2H3,(H,15,16)/t12-;9-/m01/s1. The third-order valence-corrected chi connectivity index (χ3v) is 6.28. The van der Waals surface area contributed by atoms with Crippen LogP contribution in [0.25, 0.3) is 10.8 Å². The summed E-state index contributed by atoms with van der Waals surface area (Å²) in [4.78, 5) is 10.9. The Hall–Kier alpha value is -3.05. The summed E-state index contributed by atoms with van der Waals surface area (Å²) in [7, 11) is 3.39. The lowest BCUT2D eigenvalue weighted by molar-refractivity contribution is -0.138. The van der Waals surface area contributed by atoms with E-state index in [1.165, 1.54) is 24.0 Å². The number of nitrogens with one attached hydrogen (secondary N) is 1. The second-order valence-electron chi connectivity index (χ2n) is 8.52. The number of carbonyl (C=O) groups is 1. The molecule has 33 heavy (non-hydrogen) atoms. The fourth-order valence-electron chi connectivity index (χ4n) is 4.27. The molecular weight excluding hydrogens is 414 g/mol. The molecule has 0 radical (unpaired) electrons. The lowest BCUT2D eigenvalue weighted by Crippen LogP contribution is -2.35. The first-order valence-electron chi connectivity index (χ1n) is 11.7. The zero-order valence-electron chi connectivity index (χ0n) is 20.1. The van der Waals surface area contributed by atoms with Gasteiger partial charge in [0.15, 0.2) is 0 Å². The third kappa shape index (κ3) is 6.26. The van der Waals surface area contributed by atoms with Crippen LogP contribution in [-0.2, 0) is 17.6 Å². The molecule has 0 fully saturated rings. The van der Waals surface area contributed by atoms with E-state index in [4.69, 9.17) is 14.6 Å². The van der Waals surface area contributed by atoms with E-state index < -0.39 is 11.9 Å². The molecule has 1 aliphatic carbocycles. The number of benzene rings is 3. The second kappa shape index (κ2) is 11.7. The number of rotatable bonds is 7. The molecule has 3 aromatic carbocycles. The summed E-state index contributed by atoms with van der Waals surface area (Å²) in [6, 6.07) is 18.5. The van der Waals surface area contributed by atoms with Crippen molar-refractivity contribution in [1.82, 2.24) is 5.32 Å². The predicted octanol–water partition coefficient (Wildman–Crippen LogP) is 5.59. The average Bonchev–Trinajstić information content (AvgIpc) is 2.86. The second-order valence-corrected chi connectivity index (χ2v) is 8.52. The van der Waals surface area contributed by atoms with Crippen LogP contribution in [0.5, 0.6) is 11.5 Å². The van der Waals surface area contributed by atoms with Gasteiger partial charge in [0, 0.05) is 6.04 Å². The lowest BCUT2D eigenvalue weighted by atomic mass is 9.87. The largest absolute Gasteiger partial charge is 0.497 e. The van der Waals surface area contributed by atoms with Crippen LogP contribution in [0.2, 0.25) is 0 Å². The zero-order valence-corrected chi connectivity index (χ0v) is 20.1. The van der Waals surface area contributed by atoms with E-state index in [0.29, 0.717) is 6.04 Å². The highest BCUT2D eigenvalue weighted by atomic mass is 16.5. The average molecular weight is 450 g/mol. The molecule has 5 nitrogen and oxygen atoms in total. The fourth-order valence-corrected chi connectivity index (χ4v) is 4.27. The summed E-state index contributed by atoms with van der Waals surface area (Å²) in [5.74, 6) is 0.572. The fraction of sp³-hybridized carbons (Fsp3) is 0.393. The molecule has 0 saturated carbocycles. The first-order chi connectivity index (χ1) is 16.0. The Kier molecular flexibility index (Phi) is 8.72. The summed E-state index contributed by atoms with van der Waals surface area (Å²) in [5, 5.41) is 14.6. The van der Waals surface area contributed by atoms with Gasteiger partial charge < -0.3 is 19.9 Å². The normalized spacial score (nSPS) is 15.7. The van der Waals surface area contributed by atoms with E-state index in [1.54, 1.807) is 21.1 Å². The first kappa shape index (κ1) is 24.6. The van der Waals surface area contributed by atoms with Gasteiger partial charge in [-0.2, -0.15) is 0 Å². The summed E-state index contributed by atoms with van der Waals surface area (Å²) >= 11 is 0. The van der Waals surface area contributed by atoms with Crippen molar-refractivity contribution in [3.05, 3.63) is 71.3 Å². The van der Waals surface area contributed by atoms with E-state index in [1.807, 2.05) is 36.4 Å². The maximum atomic E-state index is 10.9. The van der Waals surface area contributed by atoms with E-state index in [9.17, 15) is 4.79 Å². The molecule has 0 saturated heterocycles. The summed E-state index contributed by atoms with van der Waals surface area (Å²) in [6.07, 6.45) is 4.72. The van der Waals surface area contributed by atoms with Crippen molar-refractivity contribution in [2.24, 2.45) is 0 Å². The minimum atomic E-state index is -0.808. The Morgan fingerprint density at radius 3 is 2.55 bits per heavy atom. The molecule has 0 spiro atoms. The van der Waals surface area contributed by atoms with Crippen molar-refractivity contribution in [2.45, 2.75) is 51.5 Å². The lowest BCUT2D eigenvalue weighted by Gasteiger charge is -2.26. The number of aliphatic carboxylic acids is 1. The number of methoxy groups -OCH3 is 2. The van der Waals surface area contributed by atoms with Crippen molar-refractivity contribution < 1.29 is 19.4 Å². The van der Waals surface area contributed by atoms with E-state index in [-0.39, 0.29) is 0 Å². The molecule has 0 amide bonds. The number of ether oxygens (including phenoxy) is 2. The number of hydrogen-bond acceptors (Lipinski definition) is 4. The van der Waals surface area contributed by atoms with Gasteiger partial charge in [0.2, 0.25) is 0 Å². The van der Waals surface area contributed by atoms with E-state index >= 15 is 0 Å². The molecule has 2 N–H and O–H groups in total. The Morgan fingerprint density at radius 1 is 1.09 bits per heavy atom. The van der Waals surface area contributed by atoms with Crippen LogP contribution in [0, 0.1) is 0 Å². The Morgan fingerprint density at radius 2 is 1.85 bits per heavy atom. The van der Waals surface area contributed by atoms with Gasteiger partial charge in [-0.1, -0.05) is 43.3 Å². The van der Waals surface area contributed by atoms with Gasteiger partial charge in [0.05, 0.1) is 20.1 Å². The van der Waals surface area contributed by atoms with Gasteiger partial charge in [0.1, 0.15) is 11.5 Å². The van der Waals surface area contributed by atoms with Crippen LogP contribution in [0.1, 0.15) is 49.3 Å². The smallest absolute Gasteiger partial charge is 0.310 e. The maximum Gasteiger partial charge on any atom is 0.310 e. The molecule has 1 aliphatic rings. The van der Waals surface area contributed by atoms with Gasteiger partial charge in [0.25, 0.3) is 0 Å². The predicted molar refractivity (Wildman–Crippen MR) is 134 cm³/mol. The molecule has 176 valence electrons. The van der Waals surface area contributed by atoms with Gasteiger partial charge in [-0.15, -0.1) is 0 Å². The van der Waals surface area contributed by atoms with Crippen LogP contribution in [-0.4, -0.2) is 37.9 Å². The molecule has 4 rings (SSSR count). The van der Waals surface area contributed by atoms with Gasteiger partial charge in [-0.3, -0.25) is 4.79 Å². The Balaban J connectivity index is 0.000000186. The number of fused-ring (bicyclic) bond motifs is 2. The van der Waals surface area contributed by atoms with E-state index in [2.05, 4.69) is 30.4 Å². The topological polar surface area (TPSA) is 67.8 Å². The monoisotopic (exact) mass is 449 g/mol. The highest BCUT2D eigenvalue weighted by Gasteiger charge is 2.20. The minimum absolute atomic E-state index is 0.485. The number of carboxylic acids is 1. The van der Waals surface area contributed by atoms with Crippen molar-refractivity contribution in [2.75, 3.05) is 20.8 Å². The van der Waals surface area contributed by atoms with Crippen molar-refractivity contribution in [1.29, 1.82) is 0 Å². The molecule has 0 aromatic heterocycles. The maximum absolute atomic E-state index is 10.9. The van der Waals surface area contributed by atoms with Crippen LogP contribution < -0.4 is 14.8 Å². The summed E-state index contributed by atoms with van der Waals surface area (Å²) in [6.45, 7) is 5.03. The van der Waals surface area contributed by atoms with Crippen LogP contribution >= 0.6 is 0 Å². The van der Waals surface area contributed by atoms with Crippen LogP contribution in [0.15, 0.2) is 54.6 Å². The van der Waals surface area contributed by atoms with Crippen LogP contribution in [0.4, 0.5) is 0 Å². The summed E-state index contributed by atoms with van der Waals surface area (Å²) in [5.41, 5.74) is 3.69. The molecule has 0 unspecified atom stereocenters. The van der Waals surface area contributed by atoms with Crippen molar-refractivity contribution in [3.8, 4) is 11.5 Å². The number of carboxylic acid groups (broad SMARTS) is 1. The highest BCUT2D eigenvalue weighted by Crippen LogP contribution is 2.29. The molecule has 5 heteroatoms. The molecule has 0 aliphatic heterocycles. The van der Waals surface area contributed by atoms with E-state index in [0.717, 1.165) is 47.2 Å². The highest BCUT2D eigenvalue weighted by molar-refractivity contribution is 5.86. The minimum Gasteiger partial charge on any atom is -0.497 e. The summed E-state index contributed by atoms with van der Waals surface area (Å²) < 4.78 is 10.6. The molecule has 3 aromatic rings. The zero-order chi connectivity index (χ0) is 23.8. The molecule has 0 bridgehead atoms. The molecule has 2 atom stereocenters. The van der Waals surface area contributed by atoms with Gasteiger partial charge in [-0.05, 0) is 84.8 Å². The Bertz CT molecular complexity index is 1080. The molecule has 0 heterocycles. The quantitative estimate of drug-likeness (QED) is 0.492. The van der Waals surface area contributed by atoms with Crippen molar-refractivity contribution in [3.63, 3.8) is 0 Å². The van der Waals surface area contributed by atoms with Crippen LogP contribution in [0.3, 0.4) is 0 Å². The Labute approximate surface area is 196 Å².